The van der Waals surface area contributed by atoms with Crippen LogP contribution in [0.2, 0.25) is 0 Å². The molecular weight excluding hydrogens is 359 g/mol. The van der Waals surface area contributed by atoms with Crippen molar-refractivity contribution in [2.45, 2.75) is 20.6 Å². The van der Waals surface area contributed by atoms with E-state index in [1.54, 1.807) is 0 Å². The highest BCUT2D eigenvalue weighted by molar-refractivity contribution is 14.2. The third-order valence-electron chi connectivity index (χ3n) is 1.90. The van der Waals surface area contributed by atoms with Gasteiger partial charge in [-0.2, -0.15) is 0 Å². The Morgan fingerprint density at radius 3 is 2.40 bits per heavy atom. The molecule has 0 aromatic carbocycles. The van der Waals surface area contributed by atoms with Gasteiger partial charge in [-0.15, -0.1) is 0 Å². The van der Waals surface area contributed by atoms with Crippen molar-refractivity contribution in [3.63, 3.8) is 0 Å². The van der Waals surface area contributed by atoms with Gasteiger partial charge < -0.3 is 0 Å². The van der Waals surface area contributed by atoms with Crippen molar-refractivity contribution in [3.8, 4) is 0 Å². The van der Waals surface area contributed by atoms with Gasteiger partial charge in [-0.1, -0.05) is 0 Å². The second-order valence-corrected chi connectivity index (χ2v) is 7.88. The zero-order valence-corrected chi connectivity index (χ0v) is 10.1. The van der Waals surface area contributed by atoms with E-state index in [4.69, 9.17) is 0 Å². The number of hydrogen-bond acceptors (Lipinski definition) is 1. The molecule has 0 aromatic heterocycles. The predicted octanol–water partition coefficient (Wildman–Crippen LogP) is 2.57. The summed E-state index contributed by atoms with van der Waals surface area (Å²) in [6, 6.07) is 0.119. The van der Waals surface area contributed by atoms with Gasteiger partial charge in [0.25, 0.3) is 0 Å². The third-order valence-corrected chi connectivity index (χ3v) is 3.34. The van der Waals surface area contributed by atoms with Crippen molar-refractivity contribution in [1.82, 2.24) is 4.90 Å². The van der Waals surface area contributed by atoms with Crippen LogP contribution in [0.15, 0.2) is 0 Å². The Labute approximate surface area is 88.0 Å². The minimum absolute atomic E-state index is 0.119. The number of rotatable bonds is 1. The number of likely N-dealkylation sites (tertiary alicyclic amines) is 1. The average molecular weight is 369 g/mol. The van der Waals surface area contributed by atoms with E-state index in [1.807, 2.05) is 52.2 Å². The van der Waals surface area contributed by atoms with E-state index in [0.29, 0.717) is 0 Å². The molecule has 0 spiro atoms. The molecule has 1 heterocycles. The summed E-state index contributed by atoms with van der Waals surface area (Å²) in [6.07, 6.45) is 2.14. The molecular formula is C6H10FI2N. The maximum atomic E-state index is 13.3. The third kappa shape index (κ3) is 2.17. The summed E-state index contributed by atoms with van der Waals surface area (Å²) in [7, 11) is 1.99. The lowest BCUT2D eigenvalue weighted by molar-refractivity contribution is 0.234. The van der Waals surface area contributed by atoms with Crippen LogP contribution in [0.25, 0.3) is 0 Å². The molecule has 0 amide bonds. The number of hydrogen-bond donors (Lipinski definition) is 0. The van der Waals surface area contributed by atoms with Gasteiger partial charge >= 0.3 is 0 Å². The predicted molar refractivity (Wildman–Crippen MR) is 57.5 cm³/mol. The van der Waals surface area contributed by atoms with Crippen LogP contribution < -0.4 is 0 Å². The first-order chi connectivity index (χ1) is 4.52. The lowest BCUT2D eigenvalue weighted by atomic mass is 10.2. The summed E-state index contributed by atoms with van der Waals surface area (Å²) >= 11 is 3.74. The SMILES string of the molecule is CN1CCCC1C(F)(I)I. The fraction of sp³-hybridized carbons (Fsp3) is 1.00. The van der Waals surface area contributed by atoms with Gasteiger partial charge in [-0.3, -0.25) is 4.90 Å². The molecule has 4 heteroatoms. The Bertz CT molecular complexity index is 123. The fourth-order valence-corrected chi connectivity index (χ4v) is 2.90. The van der Waals surface area contributed by atoms with E-state index in [2.05, 4.69) is 4.90 Å². The summed E-state index contributed by atoms with van der Waals surface area (Å²) in [5, 5.41) is 0. The minimum atomic E-state index is -1.08. The van der Waals surface area contributed by atoms with Crippen molar-refractivity contribution in [2.24, 2.45) is 0 Å². The van der Waals surface area contributed by atoms with Crippen LogP contribution in [-0.4, -0.2) is 26.2 Å². The summed E-state index contributed by atoms with van der Waals surface area (Å²) in [4.78, 5) is 2.10. The van der Waals surface area contributed by atoms with Gasteiger partial charge in [-0.05, 0) is 71.6 Å². The van der Waals surface area contributed by atoms with Crippen molar-refractivity contribution in [3.05, 3.63) is 0 Å². The van der Waals surface area contributed by atoms with Crippen LogP contribution in [0.1, 0.15) is 12.8 Å². The quantitative estimate of drug-likeness (QED) is 0.508. The molecule has 1 saturated heterocycles. The molecule has 1 nitrogen and oxygen atoms in total. The van der Waals surface area contributed by atoms with Gasteiger partial charge in [-0.25, -0.2) is 4.39 Å². The highest BCUT2D eigenvalue weighted by Crippen LogP contribution is 2.39. The molecule has 1 aliphatic rings. The maximum Gasteiger partial charge on any atom is 0.225 e. The van der Waals surface area contributed by atoms with Gasteiger partial charge in [0.05, 0.1) is 6.04 Å². The first kappa shape index (κ1) is 9.44. The monoisotopic (exact) mass is 369 g/mol. The normalized spacial score (nSPS) is 29.4. The molecule has 1 unspecified atom stereocenters. The number of alkyl halides is 3. The van der Waals surface area contributed by atoms with Crippen LogP contribution >= 0.6 is 45.2 Å². The van der Waals surface area contributed by atoms with E-state index in [0.717, 1.165) is 19.4 Å². The van der Waals surface area contributed by atoms with Gasteiger partial charge in [0.1, 0.15) is 0 Å². The van der Waals surface area contributed by atoms with E-state index in [9.17, 15) is 4.39 Å². The Hall–Kier alpha value is 1.35. The van der Waals surface area contributed by atoms with Crippen LogP contribution in [-0.2, 0) is 0 Å². The Morgan fingerprint density at radius 1 is 1.60 bits per heavy atom. The lowest BCUT2D eigenvalue weighted by Gasteiger charge is -2.25. The molecule has 0 saturated carbocycles. The van der Waals surface area contributed by atoms with Gasteiger partial charge in [0.2, 0.25) is 1.68 Å². The van der Waals surface area contributed by atoms with E-state index >= 15 is 0 Å². The Kier molecular flexibility index (Phi) is 3.19. The van der Waals surface area contributed by atoms with Crippen molar-refractivity contribution >= 4 is 45.2 Å². The first-order valence-corrected chi connectivity index (χ1v) is 5.44. The molecule has 10 heavy (non-hydrogen) atoms. The maximum absolute atomic E-state index is 13.3. The second-order valence-electron chi connectivity index (χ2n) is 2.68. The molecule has 1 fully saturated rings. The molecule has 1 atom stereocenters. The Morgan fingerprint density at radius 2 is 2.20 bits per heavy atom. The zero-order valence-electron chi connectivity index (χ0n) is 5.78. The zero-order chi connectivity index (χ0) is 7.78. The van der Waals surface area contributed by atoms with Crippen LogP contribution in [0.5, 0.6) is 0 Å². The smallest absolute Gasteiger partial charge is 0.225 e. The van der Waals surface area contributed by atoms with Crippen LogP contribution in [0.4, 0.5) is 4.39 Å². The van der Waals surface area contributed by atoms with Crippen molar-refractivity contribution < 1.29 is 4.39 Å². The second kappa shape index (κ2) is 3.38. The number of halogens is 3. The average Bonchev–Trinajstić information content (AvgIpc) is 2.11. The topological polar surface area (TPSA) is 3.24 Å². The molecule has 1 aliphatic heterocycles. The van der Waals surface area contributed by atoms with Crippen LogP contribution in [0.3, 0.4) is 0 Å². The van der Waals surface area contributed by atoms with Gasteiger partial charge in [0.15, 0.2) is 0 Å². The molecule has 0 N–H and O–H groups in total. The summed E-state index contributed by atoms with van der Waals surface area (Å²) < 4.78 is 12.2. The molecule has 60 valence electrons. The molecule has 0 aromatic rings. The van der Waals surface area contributed by atoms with Crippen molar-refractivity contribution in [2.75, 3.05) is 13.6 Å². The number of nitrogens with zero attached hydrogens (tertiary/aromatic N) is 1. The summed E-state index contributed by atoms with van der Waals surface area (Å²) in [5.74, 6) is 0. The fourth-order valence-electron chi connectivity index (χ4n) is 1.32. The van der Waals surface area contributed by atoms with Crippen LogP contribution in [0, 0.1) is 0 Å². The van der Waals surface area contributed by atoms with Crippen molar-refractivity contribution in [1.29, 1.82) is 0 Å². The standard InChI is InChI=1S/C6H10FI2N/c1-10-4-2-3-5(10)6(7,8)9/h5H,2-4H2,1H3. The summed E-state index contributed by atoms with van der Waals surface area (Å²) in [5.41, 5.74) is 0. The molecule has 0 aliphatic carbocycles. The Balaban J connectivity index is 2.55. The largest absolute Gasteiger partial charge is 0.299 e. The highest BCUT2D eigenvalue weighted by Gasteiger charge is 2.38. The lowest BCUT2D eigenvalue weighted by Crippen LogP contribution is -2.36. The van der Waals surface area contributed by atoms with E-state index in [1.165, 1.54) is 0 Å². The van der Waals surface area contributed by atoms with E-state index in [-0.39, 0.29) is 6.04 Å². The molecule has 1 rings (SSSR count). The molecule has 0 bridgehead atoms. The minimum Gasteiger partial charge on any atom is -0.299 e. The van der Waals surface area contributed by atoms with Gasteiger partial charge in [0, 0.05) is 0 Å². The molecule has 0 radical (unpaired) electrons. The van der Waals surface area contributed by atoms with E-state index < -0.39 is 1.68 Å². The first-order valence-electron chi connectivity index (χ1n) is 3.29. The summed E-state index contributed by atoms with van der Waals surface area (Å²) in [6.45, 7) is 1.04. The highest BCUT2D eigenvalue weighted by atomic mass is 127.